The summed E-state index contributed by atoms with van der Waals surface area (Å²) in [5, 5.41) is 14.5. The first-order valence-corrected chi connectivity index (χ1v) is 10.6. The third kappa shape index (κ3) is 7.10. The number of aliphatic hydroxyl groups is 1. The van der Waals surface area contributed by atoms with Crippen molar-refractivity contribution >= 4 is 11.6 Å². The van der Waals surface area contributed by atoms with Crippen LogP contribution in [-0.2, 0) is 13.1 Å². The zero-order valence-corrected chi connectivity index (χ0v) is 17.2. The van der Waals surface area contributed by atoms with E-state index in [2.05, 4.69) is 16.3 Å². The van der Waals surface area contributed by atoms with E-state index in [4.69, 9.17) is 16.3 Å². The van der Waals surface area contributed by atoms with Gasteiger partial charge in [0.1, 0.15) is 18.5 Å². The summed E-state index contributed by atoms with van der Waals surface area (Å²) in [4.78, 5) is 2.36. The van der Waals surface area contributed by atoms with Gasteiger partial charge in [0.2, 0.25) is 0 Å². The standard InChI is InChI=1S/C23H31ClN2O2/c24-23-11-4-3-9-20(23)16-25-15-19-8-7-10-22(14-19)28-18-21(27)17-26-12-5-1-2-6-13-26/h3-4,7-11,14,21,25,27H,1-2,5-6,12-13,15-18H2/t21-/m1/s1. The molecule has 2 aromatic rings. The number of likely N-dealkylation sites (tertiary alicyclic amines) is 1. The van der Waals surface area contributed by atoms with E-state index in [1.807, 2.05) is 42.5 Å². The van der Waals surface area contributed by atoms with Crippen molar-refractivity contribution in [2.75, 3.05) is 26.2 Å². The number of β-amino-alcohol motifs (C(OH)–C–C–N with tert-alkyl or cyclic N) is 1. The molecule has 0 saturated carbocycles. The molecule has 1 saturated heterocycles. The maximum absolute atomic E-state index is 10.3. The molecule has 3 rings (SSSR count). The molecule has 1 atom stereocenters. The predicted octanol–water partition coefficient (Wildman–Crippen LogP) is 4.25. The molecule has 1 heterocycles. The van der Waals surface area contributed by atoms with Crippen LogP contribution in [0, 0.1) is 0 Å². The van der Waals surface area contributed by atoms with Crippen LogP contribution < -0.4 is 10.1 Å². The SMILES string of the molecule is O[C@@H](COc1cccc(CNCc2ccccc2Cl)c1)CN1CCCCCC1. The van der Waals surface area contributed by atoms with Crippen molar-refractivity contribution in [1.82, 2.24) is 10.2 Å². The third-order valence-electron chi connectivity index (χ3n) is 5.11. The molecule has 0 aliphatic carbocycles. The minimum atomic E-state index is -0.458. The number of nitrogens with zero attached hydrogens (tertiary/aromatic N) is 1. The van der Waals surface area contributed by atoms with E-state index < -0.39 is 6.10 Å². The smallest absolute Gasteiger partial charge is 0.119 e. The Hall–Kier alpha value is -1.59. The lowest BCUT2D eigenvalue weighted by atomic mass is 10.2. The van der Waals surface area contributed by atoms with Crippen LogP contribution in [0.1, 0.15) is 36.8 Å². The summed E-state index contributed by atoms with van der Waals surface area (Å²) in [7, 11) is 0. The van der Waals surface area contributed by atoms with Crippen molar-refractivity contribution in [3.63, 3.8) is 0 Å². The Labute approximate surface area is 173 Å². The molecular formula is C23H31ClN2O2. The molecule has 0 unspecified atom stereocenters. The largest absolute Gasteiger partial charge is 0.491 e. The highest BCUT2D eigenvalue weighted by atomic mass is 35.5. The molecule has 2 aromatic carbocycles. The lowest BCUT2D eigenvalue weighted by Crippen LogP contribution is -2.36. The van der Waals surface area contributed by atoms with Crippen molar-refractivity contribution in [2.24, 2.45) is 0 Å². The van der Waals surface area contributed by atoms with Crippen LogP contribution in [0.5, 0.6) is 5.75 Å². The quantitative estimate of drug-likeness (QED) is 0.658. The van der Waals surface area contributed by atoms with Gasteiger partial charge in [-0.3, -0.25) is 0 Å². The third-order valence-corrected chi connectivity index (χ3v) is 5.48. The number of hydrogen-bond acceptors (Lipinski definition) is 4. The highest BCUT2D eigenvalue weighted by molar-refractivity contribution is 6.31. The molecule has 0 bridgehead atoms. The first-order valence-electron chi connectivity index (χ1n) is 10.3. The molecular weight excluding hydrogens is 372 g/mol. The normalized spacial score (nSPS) is 16.5. The van der Waals surface area contributed by atoms with E-state index in [0.29, 0.717) is 13.2 Å². The van der Waals surface area contributed by atoms with Gasteiger partial charge in [-0.15, -0.1) is 0 Å². The van der Waals surface area contributed by atoms with Gasteiger partial charge in [0.25, 0.3) is 0 Å². The summed E-state index contributed by atoms with van der Waals surface area (Å²) in [5.41, 5.74) is 2.24. The Morgan fingerprint density at radius 3 is 2.57 bits per heavy atom. The van der Waals surface area contributed by atoms with Crippen LogP contribution in [0.3, 0.4) is 0 Å². The van der Waals surface area contributed by atoms with Crippen molar-refractivity contribution in [1.29, 1.82) is 0 Å². The molecule has 152 valence electrons. The van der Waals surface area contributed by atoms with Gasteiger partial charge in [0, 0.05) is 24.7 Å². The van der Waals surface area contributed by atoms with E-state index in [-0.39, 0.29) is 0 Å². The van der Waals surface area contributed by atoms with Gasteiger partial charge in [-0.25, -0.2) is 0 Å². The molecule has 0 amide bonds. The fraction of sp³-hybridized carbons (Fsp3) is 0.478. The lowest BCUT2D eigenvalue weighted by molar-refractivity contribution is 0.0693. The maximum Gasteiger partial charge on any atom is 0.119 e. The molecule has 0 spiro atoms. The topological polar surface area (TPSA) is 44.7 Å². The second kappa shape index (κ2) is 11.4. The summed E-state index contributed by atoms with van der Waals surface area (Å²) in [6.07, 6.45) is 4.62. The Morgan fingerprint density at radius 1 is 1.00 bits per heavy atom. The van der Waals surface area contributed by atoms with Crippen molar-refractivity contribution in [2.45, 2.75) is 44.9 Å². The van der Waals surface area contributed by atoms with Crippen LogP contribution in [0.15, 0.2) is 48.5 Å². The minimum absolute atomic E-state index is 0.326. The van der Waals surface area contributed by atoms with E-state index >= 15 is 0 Å². The van der Waals surface area contributed by atoms with Crippen molar-refractivity contribution in [3.8, 4) is 5.75 Å². The Kier molecular flexibility index (Phi) is 8.62. The summed E-state index contributed by atoms with van der Waals surface area (Å²) in [5.74, 6) is 0.798. The number of aliphatic hydroxyl groups excluding tert-OH is 1. The van der Waals surface area contributed by atoms with Gasteiger partial charge in [0.15, 0.2) is 0 Å². The molecule has 4 nitrogen and oxygen atoms in total. The maximum atomic E-state index is 10.3. The van der Waals surface area contributed by atoms with E-state index in [1.54, 1.807) is 0 Å². The molecule has 2 N–H and O–H groups in total. The minimum Gasteiger partial charge on any atom is -0.491 e. The summed E-state index contributed by atoms with van der Waals surface area (Å²) in [6.45, 7) is 4.65. The highest BCUT2D eigenvalue weighted by Gasteiger charge is 2.14. The molecule has 5 heteroatoms. The Bertz CT molecular complexity index is 717. The zero-order chi connectivity index (χ0) is 19.6. The van der Waals surface area contributed by atoms with Gasteiger partial charge >= 0.3 is 0 Å². The number of benzene rings is 2. The molecule has 0 aromatic heterocycles. The first-order chi connectivity index (χ1) is 13.7. The Balaban J connectivity index is 1.42. The fourth-order valence-corrected chi connectivity index (χ4v) is 3.79. The average Bonchev–Trinajstić information content (AvgIpc) is 2.97. The van der Waals surface area contributed by atoms with Gasteiger partial charge in [0.05, 0.1) is 0 Å². The zero-order valence-electron chi connectivity index (χ0n) is 16.4. The number of halogens is 1. The fourth-order valence-electron chi connectivity index (χ4n) is 3.59. The van der Waals surface area contributed by atoms with E-state index in [1.165, 1.54) is 25.7 Å². The Morgan fingerprint density at radius 2 is 1.79 bits per heavy atom. The highest BCUT2D eigenvalue weighted by Crippen LogP contribution is 2.16. The molecule has 1 aliphatic rings. The van der Waals surface area contributed by atoms with E-state index in [0.717, 1.165) is 48.1 Å². The van der Waals surface area contributed by atoms with Crippen molar-refractivity contribution in [3.05, 3.63) is 64.7 Å². The second-order valence-corrected chi connectivity index (χ2v) is 7.93. The average molecular weight is 403 g/mol. The van der Waals surface area contributed by atoms with Gasteiger partial charge < -0.3 is 20.1 Å². The number of nitrogens with one attached hydrogen (secondary N) is 1. The number of hydrogen-bond donors (Lipinski definition) is 2. The van der Waals surface area contributed by atoms with Gasteiger partial charge in [-0.2, -0.15) is 0 Å². The molecule has 28 heavy (non-hydrogen) atoms. The number of rotatable bonds is 9. The van der Waals surface area contributed by atoms with Crippen LogP contribution in [0.2, 0.25) is 5.02 Å². The van der Waals surface area contributed by atoms with Gasteiger partial charge in [-0.1, -0.05) is 54.8 Å². The molecule has 1 aliphatic heterocycles. The van der Waals surface area contributed by atoms with Crippen LogP contribution >= 0.6 is 11.6 Å². The van der Waals surface area contributed by atoms with Crippen LogP contribution in [-0.4, -0.2) is 42.4 Å². The van der Waals surface area contributed by atoms with Crippen LogP contribution in [0.4, 0.5) is 0 Å². The van der Waals surface area contributed by atoms with Gasteiger partial charge in [-0.05, 0) is 55.3 Å². The molecule has 0 radical (unpaired) electrons. The summed E-state index contributed by atoms with van der Waals surface area (Å²) < 4.78 is 5.84. The van der Waals surface area contributed by atoms with Crippen molar-refractivity contribution < 1.29 is 9.84 Å². The van der Waals surface area contributed by atoms with Crippen LogP contribution in [0.25, 0.3) is 0 Å². The monoisotopic (exact) mass is 402 g/mol. The number of ether oxygens (including phenoxy) is 1. The summed E-state index contributed by atoms with van der Waals surface area (Å²) >= 11 is 6.19. The lowest BCUT2D eigenvalue weighted by Gasteiger charge is -2.23. The second-order valence-electron chi connectivity index (χ2n) is 7.52. The first kappa shape index (κ1) is 21.1. The predicted molar refractivity (Wildman–Crippen MR) is 115 cm³/mol. The van der Waals surface area contributed by atoms with E-state index in [9.17, 15) is 5.11 Å². The summed E-state index contributed by atoms with van der Waals surface area (Å²) in [6, 6.07) is 15.9. The molecule has 1 fully saturated rings.